The molecule has 0 radical (unpaired) electrons. The number of carbonyl (C=O) groups excluding carboxylic acids is 2. The van der Waals surface area contributed by atoms with Crippen molar-refractivity contribution in [2.45, 2.75) is 12.8 Å². The highest BCUT2D eigenvalue weighted by atomic mass is 16.5. The molecule has 1 aliphatic heterocycles. The maximum Gasteiger partial charge on any atom is 0.308 e. The summed E-state index contributed by atoms with van der Waals surface area (Å²) < 4.78 is 4.71. The van der Waals surface area contributed by atoms with Gasteiger partial charge < -0.3 is 14.6 Å². The van der Waals surface area contributed by atoms with Gasteiger partial charge in [0, 0.05) is 19.3 Å². The highest BCUT2D eigenvalue weighted by Crippen LogP contribution is 2.19. The predicted molar refractivity (Wildman–Crippen MR) is 61.4 cm³/mol. The van der Waals surface area contributed by atoms with Crippen LogP contribution in [0, 0.1) is 5.92 Å². The van der Waals surface area contributed by atoms with Crippen LogP contribution in [0.25, 0.3) is 0 Å². The number of methoxy groups -OCH3 is 1. The molecule has 0 aromatic carbocycles. The number of hydrogen-bond donors (Lipinski definition) is 1. The van der Waals surface area contributed by atoms with Crippen LogP contribution in [-0.4, -0.2) is 42.0 Å². The van der Waals surface area contributed by atoms with Crippen LogP contribution in [0.5, 0.6) is 0 Å². The second kappa shape index (κ2) is 5.03. The molecule has 1 aliphatic rings. The molecule has 17 heavy (non-hydrogen) atoms. The van der Waals surface area contributed by atoms with Crippen LogP contribution in [0.2, 0.25) is 0 Å². The lowest BCUT2D eigenvalue weighted by atomic mass is 9.97. The summed E-state index contributed by atoms with van der Waals surface area (Å²) in [6, 6.07) is 3.56. The summed E-state index contributed by atoms with van der Waals surface area (Å²) in [5.41, 5.74) is 0.599. The number of esters is 1. The van der Waals surface area contributed by atoms with E-state index in [0.717, 1.165) is 0 Å². The van der Waals surface area contributed by atoms with E-state index in [2.05, 4.69) is 4.98 Å². The van der Waals surface area contributed by atoms with Crippen LogP contribution in [0.15, 0.2) is 18.3 Å². The van der Waals surface area contributed by atoms with E-state index < -0.39 is 0 Å². The molecular formula is C12H16N2O3. The summed E-state index contributed by atoms with van der Waals surface area (Å²) in [6.07, 6.45) is 3.09. The lowest BCUT2D eigenvalue weighted by Crippen LogP contribution is -2.40. The first-order valence-electron chi connectivity index (χ1n) is 5.73. The number of nitrogens with zero attached hydrogens (tertiary/aromatic N) is 1. The summed E-state index contributed by atoms with van der Waals surface area (Å²) in [5.74, 6) is -0.233. The number of likely N-dealkylation sites (tertiary alicyclic amines) is 1. The third kappa shape index (κ3) is 2.49. The van der Waals surface area contributed by atoms with Gasteiger partial charge in [0.2, 0.25) is 0 Å². The van der Waals surface area contributed by atoms with Crippen LogP contribution in [0.4, 0.5) is 0 Å². The molecule has 0 saturated carbocycles. The first kappa shape index (κ1) is 11.7. The first-order chi connectivity index (χ1) is 8.22. The maximum atomic E-state index is 12.0. The fourth-order valence-corrected chi connectivity index (χ4v) is 2.12. The van der Waals surface area contributed by atoms with E-state index in [-0.39, 0.29) is 17.8 Å². The van der Waals surface area contributed by atoms with Gasteiger partial charge in [-0.05, 0) is 25.0 Å². The fourth-order valence-electron chi connectivity index (χ4n) is 2.12. The Bertz CT molecular complexity index is 392. The molecule has 0 spiro atoms. The van der Waals surface area contributed by atoms with Gasteiger partial charge in [0.05, 0.1) is 13.0 Å². The van der Waals surface area contributed by atoms with Crippen LogP contribution in [0.3, 0.4) is 0 Å². The van der Waals surface area contributed by atoms with E-state index in [1.165, 1.54) is 7.11 Å². The van der Waals surface area contributed by atoms with Crippen LogP contribution >= 0.6 is 0 Å². The van der Waals surface area contributed by atoms with Gasteiger partial charge >= 0.3 is 5.97 Å². The fraction of sp³-hybridized carbons (Fsp3) is 0.500. The Balaban J connectivity index is 1.91. The topological polar surface area (TPSA) is 62.4 Å². The summed E-state index contributed by atoms with van der Waals surface area (Å²) in [7, 11) is 1.40. The number of carbonyl (C=O) groups is 2. The molecule has 0 unspecified atom stereocenters. The summed E-state index contributed by atoms with van der Waals surface area (Å²) in [4.78, 5) is 28.0. The Kier molecular flexibility index (Phi) is 3.46. The zero-order valence-corrected chi connectivity index (χ0v) is 9.81. The lowest BCUT2D eigenvalue weighted by Gasteiger charge is -2.30. The average Bonchev–Trinajstić information content (AvgIpc) is 2.91. The Labute approximate surface area is 99.8 Å². The highest BCUT2D eigenvalue weighted by molar-refractivity contribution is 5.92. The number of ether oxygens (including phenoxy) is 1. The predicted octanol–water partition coefficient (Wildman–Crippen LogP) is 1.04. The maximum absolute atomic E-state index is 12.0. The van der Waals surface area contributed by atoms with Gasteiger partial charge in [0.15, 0.2) is 0 Å². The molecule has 1 aromatic rings. The van der Waals surface area contributed by atoms with Gasteiger partial charge in [-0.25, -0.2) is 0 Å². The van der Waals surface area contributed by atoms with Crippen molar-refractivity contribution in [3.8, 4) is 0 Å². The van der Waals surface area contributed by atoms with E-state index in [9.17, 15) is 9.59 Å². The number of nitrogens with one attached hydrogen (secondary N) is 1. The van der Waals surface area contributed by atoms with Crippen LogP contribution in [-0.2, 0) is 9.53 Å². The van der Waals surface area contributed by atoms with Crippen molar-refractivity contribution in [2.75, 3.05) is 20.2 Å². The number of piperidine rings is 1. The minimum absolute atomic E-state index is 0.00156. The molecule has 0 bridgehead atoms. The Morgan fingerprint density at radius 2 is 2.12 bits per heavy atom. The molecule has 1 N–H and O–H groups in total. The molecule has 2 rings (SSSR count). The smallest absolute Gasteiger partial charge is 0.308 e. The molecule has 5 nitrogen and oxygen atoms in total. The number of hydrogen-bond acceptors (Lipinski definition) is 3. The zero-order valence-electron chi connectivity index (χ0n) is 9.81. The van der Waals surface area contributed by atoms with Gasteiger partial charge in [0.1, 0.15) is 5.69 Å². The summed E-state index contributed by atoms with van der Waals surface area (Å²) >= 11 is 0. The monoisotopic (exact) mass is 236 g/mol. The van der Waals surface area contributed by atoms with Gasteiger partial charge in [-0.1, -0.05) is 0 Å². The zero-order chi connectivity index (χ0) is 12.3. The minimum atomic E-state index is -0.169. The molecule has 1 aromatic heterocycles. The average molecular weight is 236 g/mol. The quantitative estimate of drug-likeness (QED) is 0.780. The van der Waals surface area contributed by atoms with Gasteiger partial charge in [0.25, 0.3) is 5.91 Å². The first-order valence-corrected chi connectivity index (χ1v) is 5.73. The van der Waals surface area contributed by atoms with Crippen molar-refractivity contribution < 1.29 is 14.3 Å². The highest BCUT2D eigenvalue weighted by Gasteiger charge is 2.28. The molecule has 1 saturated heterocycles. The third-order valence-electron chi connectivity index (χ3n) is 3.15. The van der Waals surface area contributed by atoms with Crippen molar-refractivity contribution in [1.82, 2.24) is 9.88 Å². The standard InChI is InChI=1S/C12H16N2O3/c1-17-12(16)9-4-7-14(8-5-9)11(15)10-3-2-6-13-10/h2-3,6,9,13H,4-5,7-8H2,1H3. The Hall–Kier alpha value is -1.78. The van der Waals surface area contributed by atoms with Crippen molar-refractivity contribution >= 4 is 11.9 Å². The Morgan fingerprint density at radius 3 is 2.65 bits per heavy atom. The molecule has 5 heteroatoms. The minimum Gasteiger partial charge on any atom is -0.469 e. The normalized spacial score (nSPS) is 16.9. The van der Waals surface area contributed by atoms with Crippen molar-refractivity contribution in [1.29, 1.82) is 0 Å². The molecule has 1 fully saturated rings. The second-order valence-corrected chi connectivity index (χ2v) is 4.17. The van der Waals surface area contributed by atoms with Gasteiger partial charge in [-0.3, -0.25) is 9.59 Å². The van der Waals surface area contributed by atoms with Crippen molar-refractivity contribution in [3.05, 3.63) is 24.0 Å². The molecule has 0 aliphatic carbocycles. The number of aromatic amines is 1. The van der Waals surface area contributed by atoms with Crippen molar-refractivity contribution in [3.63, 3.8) is 0 Å². The molecule has 1 amide bonds. The molecule has 0 atom stereocenters. The SMILES string of the molecule is COC(=O)C1CCN(C(=O)c2ccc[nH]2)CC1. The molecule has 92 valence electrons. The van der Waals surface area contributed by atoms with Crippen LogP contribution < -0.4 is 0 Å². The second-order valence-electron chi connectivity index (χ2n) is 4.17. The van der Waals surface area contributed by atoms with E-state index in [0.29, 0.717) is 31.6 Å². The number of rotatable bonds is 2. The lowest BCUT2D eigenvalue weighted by molar-refractivity contribution is -0.146. The Morgan fingerprint density at radius 1 is 1.41 bits per heavy atom. The number of H-pyrrole nitrogens is 1. The molecule has 2 heterocycles. The summed E-state index contributed by atoms with van der Waals surface area (Å²) in [5, 5.41) is 0. The van der Waals surface area contributed by atoms with Crippen molar-refractivity contribution in [2.24, 2.45) is 5.92 Å². The van der Waals surface area contributed by atoms with Gasteiger partial charge in [-0.15, -0.1) is 0 Å². The molecular weight excluding hydrogens is 220 g/mol. The number of aromatic nitrogens is 1. The van der Waals surface area contributed by atoms with E-state index >= 15 is 0 Å². The third-order valence-corrected chi connectivity index (χ3v) is 3.15. The van der Waals surface area contributed by atoms with E-state index in [4.69, 9.17) is 4.74 Å². The van der Waals surface area contributed by atoms with E-state index in [1.807, 2.05) is 0 Å². The number of amides is 1. The largest absolute Gasteiger partial charge is 0.469 e. The summed E-state index contributed by atoms with van der Waals surface area (Å²) in [6.45, 7) is 1.22. The van der Waals surface area contributed by atoms with Crippen LogP contribution in [0.1, 0.15) is 23.3 Å². The van der Waals surface area contributed by atoms with Gasteiger partial charge in [-0.2, -0.15) is 0 Å². The van der Waals surface area contributed by atoms with E-state index in [1.54, 1.807) is 23.2 Å².